The second-order valence-electron chi connectivity index (χ2n) is 3.23. The van der Waals surface area contributed by atoms with E-state index in [2.05, 4.69) is 5.10 Å². The molecule has 0 aromatic rings. The Balaban J connectivity index is 2.55. The molecule has 1 unspecified atom stereocenters. The quantitative estimate of drug-likeness (QED) is 0.686. The maximum atomic E-state index is 11.2. The number of aliphatic carboxylic acids is 1. The van der Waals surface area contributed by atoms with Crippen molar-refractivity contribution in [2.24, 2.45) is 11.0 Å². The smallest absolute Gasteiger partial charge is 0.308 e. The fourth-order valence-electron chi connectivity index (χ4n) is 1.09. The Bertz CT molecular complexity index is 273. The third-order valence-electron chi connectivity index (χ3n) is 1.85. The molecule has 0 aromatic carbocycles. The molecule has 5 nitrogen and oxygen atoms in total. The van der Waals surface area contributed by atoms with Crippen LogP contribution >= 0.6 is 0 Å². The Hall–Kier alpha value is -1.39. The molecule has 1 amide bonds. The highest BCUT2D eigenvalue weighted by molar-refractivity contribution is 6.03. The van der Waals surface area contributed by atoms with Crippen LogP contribution in [0.3, 0.4) is 0 Å². The predicted octanol–water partition coefficient (Wildman–Crippen LogP) is 0.315. The van der Waals surface area contributed by atoms with E-state index in [1.54, 1.807) is 13.8 Å². The molecule has 72 valence electrons. The fraction of sp³-hybridized carbons (Fsp3) is 0.625. The van der Waals surface area contributed by atoms with Crippen LogP contribution in [0.2, 0.25) is 0 Å². The molecule has 0 bridgehead atoms. The van der Waals surface area contributed by atoms with E-state index >= 15 is 0 Å². The topological polar surface area (TPSA) is 70.0 Å². The largest absolute Gasteiger partial charge is 0.481 e. The van der Waals surface area contributed by atoms with Gasteiger partial charge in [-0.05, 0) is 6.92 Å². The Morgan fingerprint density at radius 1 is 1.77 bits per heavy atom. The number of carboxylic acid groups (broad SMARTS) is 1. The minimum Gasteiger partial charge on any atom is -0.481 e. The van der Waals surface area contributed by atoms with Gasteiger partial charge in [0.1, 0.15) is 0 Å². The standard InChI is InChI=1S/C8H12N2O3/c1-5(8(12)13)4-10-7(11)3-6(2)9-10/h5H,3-4H2,1-2H3,(H,12,13). The fourth-order valence-corrected chi connectivity index (χ4v) is 1.09. The molecular formula is C8H12N2O3. The van der Waals surface area contributed by atoms with Crippen molar-refractivity contribution in [3.63, 3.8) is 0 Å². The van der Waals surface area contributed by atoms with Crippen molar-refractivity contribution < 1.29 is 14.7 Å². The van der Waals surface area contributed by atoms with Crippen molar-refractivity contribution in [2.75, 3.05) is 6.54 Å². The molecule has 5 heteroatoms. The minimum absolute atomic E-state index is 0.120. The summed E-state index contributed by atoms with van der Waals surface area (Å²) >= 11 is 0. The van der Waals surface area contributed by atoms with E-state index < -0.39 is 11.9 Å². The summed E-state index contributed by atoms with van der Waals surface area (Å²) in [6.45, 7) is 3.47. The molecule has 0 aliphatic carbocycles. The summed E-state index contributed by atoms with van der Waals surface area (Å²) < 4.78 is 0. The van der Waals surface area contributed by atoms with Gasteiger partial charge >= 0.3 is 5.97 Å². The summed E-state index contributed by atoms with van der Waals surface area (Å²) in [6.07, 6.45) is 0.312. The number of carbonyl (C=O) groups excluding carboxylic acids is 1. The van der Waals surface area contributed by atoms with Gasteiger partial charge in [0.15, 0.2) is 0 Å². The lowest BCUT2D eigenvalue weighted by molar-refractivity contribution is -0.142. The first-order chi connectivity index (χ1) is 6.00. The normalized spacial score (nSPS) is 18.8. The van der Waals surface area contributed by atoms with E-state index in [1.165, 1.54) is 5.01 Å². The molecule has 1 aliphatic rings. The van der Waals surface area contributed by atoms with E-state index in [0.717, 1.165) is 5.71 Å². The zero-order valence-corrected chi connectivity index (χ0v) is 7.65. The van der Waals surface area contributed by atoms with Crippen molar-refractivity contribution >= 4 is 17.6 Å². The molecule has 1 aliphatic heterocycles. The lowest BCUT2D eigenvalue weighted by Crippen LogP contribution is -2.29. The van der Waals surface area contributed by atoms with Crippen LogP contribution < -0.4 is 0 Å². The van der Waals surface area contributed by atoms with E-state index in [1.807, 2.05) is 0 Å². The van der Waals surface area contributed by atoms with Gasteiger partial charge in [-0.15, -0.1) is 0 Å². The Labute approximate surface area is 76.0 Å². The highest BCUT2D eigenvalue weighted by Gasteiger charge is 2.24. The third kappa shape index (κ3) is 2.27. The van der Waals surface area contributed by atoms with Gasteiger partial charge in [0, 0.05) is 5.71 Å². The second-order valence-corrected chi connectivity index (χ2v) is 3.23. The molecule has 0 radical (unpaired) electrons. The lowest BCUT2D eigenvalue weighted by atomic mass is 10.2. The van der Waals surface area contributed by atoms with Crippen LogP contribution in [0.25, 0.3) is 0 Å². The van der Waals surface area contributed by atoms with Crippen LogP contribution in [-0.2, 0) is 9.59 Å². The first-order valence-corrected chi connectivity index (χ1v) is 4.08. The van der Waals surface area contributed by atoms with Gasteiger partial charge in [-0.3, -0.25) is 9.59 Å². The molecule has 0 aromatic heterocycles. The molecule has 0 spiro atoms. The van der Waals surface area contributed by atoms with Crippen LogP contribution in [0.5, 0.6) is 0 Å². The summed E-state index contributed by atoms with van der Waals surface area (Å²) in [5.74, 6) is -1.60. The van der Waals surface area contributed by atoms with E-state index in [0.29, 0.717) is 6.42 Å². The number of carbonyl (C=O) groups is 2. The number of hydrazone groups is 1. The van der Waals surface area contributed by atoms with Gasteiger partial charge in [-0.2, -0.15) is 5.10 Å². The third-order valence-corrected chi connectivity index (χ3v) is 1.85. The van der Waals surface area contributed by atoms with Gasteiger partial charge in [0.25, 0.3) is 0 Å². The summed E-state index contributed by atoms with van der Waals surface area (Å²) in [6, 6.07) is 0. The molecule has 0 saturated carbocycles. The van der Waals surface area contributed by atoms with Crippen LogP contribution in [0.15, 0.2) is 5.10 Å². The first kappa shape index (κ1) is 9.70. The molecule has 1 N–H and O–H groups in total. The summed E-state index contributed by atoms with van der Waals surface area (Å²) in [7, 11) is 0. The zero-order chi connectivity index (χ0) is 10.0. The van der Waals surface area contributed by atoms with Gasteiger partial charge in [-0.25, -0.2) is 5.01 Å². The Kier molecular flexibility index (Phi) is 2.65. The average molecular weight is 184 g/mol. The van der Waals surface area contributed by atoms with E-state index in [4.69, 9.17) is 5.11 Å². The number of hydrogen-bond acceptors (Lipinski definition) is 3. The van der Waals surface area contributed by atoms with Crippen molar-refractivity contribution in [3.8, 4) is 0 Å². The minimum atomic E-state index is -0.910. The van der Waals surface area contributed by atoms with Crippen LogP contribution in [0.1, 0.15) is 20.3 Å². The highest BCUT2D eigenvalue weighted by atomic mass is 16.4. The molecule has 0 saturated heterocycles. The first-order valence-electron chi connectivity index (χ1n) is 4.08. The molecule has 13 heavy (non-hydrogen) atoms. The van der Waals surface area contributed by atoms with Crippen LogP contribution in [0.4, 0.5) is 0 Å². The zero-order valence-electron chi connectivity index (χ0n) is 7.65. The maximum Gasteiger partial charge on any atom is 0.308 e. The number of amides is 1. The van der Waals surface area contributed by atoms with Crippen molar-refractivity contribution in [3.05, 3.63) is 0 Å². The van der Waals surface area contributed by atoms with Crippen molar-refractivity contribution in [2.45, 2.75) is 20.3 Å². The molecule has 0 fully saturated rings. The van der Waals surface area contributed by atoms with Gasteiger partial charge < -0.3 is 5.11 Å². The number of hydrogen-bond donors (Lipinski definition) is 1. The van der Waals surface area contributed by atoms with Gasteiger partial charge in [0.2, 0.25) is 5.91 Å². The average Bonchev–Trinajstić information content (AvgIpc) is 2.30. The van der Waals surface area contributed by atoms with E-state index in [-0.39, 0.29) is 12.5 Å². The summed E-state index contributed by atoms with van der Waals surface area (Å²) in [4.78, 5) is 21.6. The molecule has 1 heterocycles. The maximum absolute atomic E-state index is 11.2. The van der Waals surface area contributed by atoms with Crippen LogP contribution in [0, 0.1) is 5.92 Å². The number of rotatable bonds is 3. The van der Waals surface area contributed by atoms with Gasteiger partial charge in [-0.1, -0.05) is 6.92 Å². The Morgan fingerprint density at radius 3 is 2.77 bits per heavy atom. The lowest BCUT2D eigenvalue weighted by Gasteiger charge is -2.13. The van der Waals surface area contributed by atoms with Crippen molar-refractivity contribution in [1.82, 2.24) is 5.01 Å². The monoisotopic (exact) mass is 184 g/mol. The van der Waals surface area contributed by atoms with Crippen molar-refractivity contribution in [1.29, 1.82) is 0 Å². The number of carboxylic acids is 1. The second kappa shape index (κ2) is 3.55. The SMILES string of the molecule is CC1=NN(CC(C)C(=O)O)C(=O)C1. The summed E-state index contributed by atoms with van der Waals surface area (Å²) in [5, 5.41) is 13.8. The highest BCUT2D eigenvalue weighted by Crippen LogP contribution is 2.10. The molecule has 1 rings (SSSR count). The van der Waals surface area contributed by atoms with Gasteiger partial charge in [0.05, 0.1) is 18.9 Å². The Morgan fingerprint density at radius 2 is 2.38 bits per heavy atom. The van der Waals surface area contributed by atoms with Crippen LogP contribution in [-0.4, -0.2) is 34.2 Å². The summed E-state index contributed by atoms with van der Waals surface area (Å²) in [5.41, 5.74) is 0.739. The predicted molar refractivity (Wildman–Crippen MR) is 46.2 cm³/mol. The molecule has 1 atom stereocenters. The van der Waals surface area contributed by atoms with E-state index in [9.17, 15) is 9.59 Å². The number of nitrogens with zero attached hydrogens (tertiary/aromatic N) is 2. The molecular weight excluding hydrogens is 172 g/mol.